The van der Waals surface area contributed by atoms with Gasteiger partial charge in [0, 0.05) is 30.8 Å². The van der Waals surface area contributed by atoms with Crippen LogP contribution in [0.25, 0.3) is 0 Å². The number of piperidine rings is 2. The third kappa shape index (κ3) is 4.73. The maximum absolute atomic E-state index is 13.5. The summed E-state index contributed by atoms with van der Waals surface area (Å²) in [6, 6.07) is 6.91. The first-order valence-corrected chi connectivity index (χ1v) is 11.4. The standard InChI is InChI=1S/C25H29N5O4/c1-34-19-11-5-16(6-12-19)28-23-20(22(26)24(27)32)13-15-30(25(23)33)18-9-7-17(8-10-18)29-14-3-2-4-21(29)31/h5-7,9-12,17H,2-4,8,13-15,26H2,1H3,(H2,27,32). The van der Waals surface area contributed by atoms with Crippen LogP contribution in [0.2, 0.25) is 0 Å². The Morgan fingerprint density at radius 1 is 1.09 bits per heavy atom. The first kappa shape index (κ1) is 23.3. The Hall–Kier alpha value is -3.88. The predicted octanol–water partition coefficient (Wildman–Crippen LogP) is 1.92. The van der Waals surface area contributed by atoms with E-state index in [0.29, 0.717) is 42.8 Å². The monoisotopic (exact) mass is 463 g/mol. The van der Waals surface area contributed by atoms with E-state index in [1.54, 1.807) is 36.3 Å². The van der Waals surface area contributed by atoms with E-state index in [4.69, 9.17) is 16.2 Å². The van der Waals surface area contributed by atoms with E-state index < -0.39 is 5.91 Å². The van der Waals surface area contributed by atoms with Gasteiger partial charge in [-0.3, -0.25) is 14.4 Å². The zero-order valence-electron chi connectivity index (χ0n) is 19.2. The van der Waals surface area contributed by atoms with Crippen LogP contribution in [0.15, 0.2) is 64.5 Å². The Labute approximate surface area is 198 Å². The predicted molar refractivity (Wildman–Crippen MR) is 128 cm³/mol. The van der Waals surface area contributed by atoms with Crippen molar-refractivity contribution in [2.24, 2.45) is 16.5 Å². The number of rotatable bonds is 5. The number of primary amides is 1. The number of ether oxygens (including phenoxy) is 1. The number of amides is 3. The molecule has 178 valence electrons. The minimum atomic E-state index is -0.788. The van der Waals surface area contributed by atoms with Crippen LogP contribution in [-0.4, -0.2) is 59.5 Å². The van der Waals surface area contributed by atoms with Crippen molar-refractivity contribution < 1.29 is 19.1 Å². The molecule has 34 heavy (non-hydrogen) atoms. The second-order valence-electron chi connectivity index (χ2n) is 8.46. The second-order valence-corrected chi connectivity index (χ2v) is 8.46. The van der Waals surface area contributed by atoms with Gasteiger partial charge >= 0.3 is 0 Å². The van der Waals surface area contributed by atoms with Gasteiger partial charge in [-0.2, -0.15) is 0 Å². The molecule has 0 saturated carbocycles. The third-order valence-corrected chi connectivity index (χ3v) is 6.35. The molecular formula is C25H29N5O4. The summed E-state index contributed by atoms with van der Waals surface area (Å²) < 4.78 is 5.17. The first-order chi connectivity index (χ1) is 16.4. The smallest absolute Gasteiger partial charge is 0.277 e. The molecule has 3 amide bonds. The molecule has 4 rings (SSSR count). The number of methoxy groups -OCH3 is 1. The summed E-state index contributed by atoms with van der Waals surface area (Å²) in [6.45, 7) is 1.10. The zero-order chi connectivity index (χ0) is 24.2. The Balaban J connectivity index is 1.60. The lowest BCUT2D eigenvalue weighted by Crippen LogP contribution is -2.45. The fourth-order valence-electron chi connectivity index (χ4n) is 4.47. The van der Waals surface area contributed by atoms with Crippen LogP contribution >= 0.6 is 0 Å². The molecule has 1 unspecified atom stereocenters. The van der Waals surface area contributed by atoms with Gasteiger partial charge in [-0.25, -0.2) is 4.99 Å². The number of aliphatic imine (C=N–C) groups is 1. The minimum Gasteiger partial charge on any atom is -0.497 e. The van der Waals surface area contributed by atoms with E-state index in [1.165, 1.54) is 0 Å². The molecule has 2 fully saturated rings. The van der Waals surface area contributed by atoms with Gasteiger partial charge in [-0.15, -0.1) is 0 Å². The van der Waals surface area contributed by atoms with Crippen molar-refractivity contribution in [3.8, 4) is 5.75 Å². The SMILES string of the molecule is COc1ccc(N=C2C(=O)N(C3=CCC(N4CCCCC4=O)C=C3)CCC2=C(N)C(N)=O)cc1. The molecule has 0 spiro atoms. The Bertz CT molecular complexity index is 1120. The lowest BCUT2D eigenvalue weighted by molar-refractivity contribution is -0.134. The van der Waals surface area contributed by atoms with E-state index in [2.05, 4.69) is 4.99 Å². The van der Waals surface area contributed by atoms with Crippen LogP contribution in [0.3, 0.4) is 0 Å². The van der Waals surface area contributed by atoms with Crippen LogP contribution in [0.5, 0.6) is 5.75 Å². The van der Waals surface area contributed by atoms with Gasteiger partial charge in [0.15, 0.2) is 0 Å². The highest BCUT2D eigenvalue weighted by Gasteiger charge is 2.34. The van der Waals surface area contributed by atoms with Crippen LogP contribution < -0.4 is 16.2 Å². The molecule has 0 radical (unpaired) electrons. The number of nitrogens with two attached hydrogens (primary N) is 2. The quantitative estimate of drug-likeness (QED) is 0.644. The Morgan fingerprint density at radius 3 is 2.47 bits per heavy atom. The summed E-state index contributed by atoms with van der Waals surface area (Å²) in [4.78, 5) is 45.6. The van der Waals surface area contributed by atoms with Crippen molar-refractivity contribution in [3.63, 3.8) is 0 Å². The third-order valence-electron chi connectivity index (χ3n) is 6.35. The largest absolute Gasteiger partial charge is 0.497 e. The number of hydrogen-bond donors (Lipinski definition) is 2. The van der Waals surface area contributed by atoms with Gasteiger partial charge < -0.3 is 26.0 Å². The summed E-state index contributed by atoms with van der Waals surface area (Å²) in [5, 5.41) is 0. The molecule has 0 aromatic heterocycles. The molecule has 2 heterocycles. The summed E-state index contributed by atoms with van der Waals surface area (Å²) in [7, 11) is 1.56. The number of benzene rings is 1. The van der Waals surface area contributed by atoms with Gasteiger partial charge in [0.05, 0.1) is 18.8 Å². The molecule has 1 aliphatic carbocycles. The second kappa shape index (κ2) is 9.94. The molecule has 3 aliphatic rings. The van der Waals surface area contributed by atoms with E-state index in [9.17, 15) is 14.4 Å². The number of likely N-dealkylation sites (tertiary alicyclic amines) is 2. The van der Waals surface area contributed by atoms with Gasteiger partial charge in [-0.1, -0.05) is 12.2 Å². The highest BCUT2D eigenvalue weighted by Crippen LogP contribution is 2.28. The molecule has 1 aromatic rings. The van der Waals surface area contributed by atoms with Crippen molar-refractivity contribution in [3.05, 3.63) is 59.5 Å². The Kier molecular flexibility index (Phi) is 6.81. The number of carbonyl (C=O) groups excluding carboxylic acids is 3. The van der Waals surface area contributed by atoms with Crippen molar-refractivity contribution >= 4 is 29.1 Å². The maximum Gasteiger partial charge on any atom is 0.277 e. The highest BCUT2D eigenvalue weighted by molar-refractivity contribution is 6.47. The van der Waals surface area contributed by atoms with E-state index in [-0.39, 0.29) is 29.3 Å². The lowest BCUT2D eigenvalue weighted by atomic mass is 9.95. The maximum atomic E-state index is 13.5. The fraction of sp³-hybridized carbons (Fsp3) is 0.360. The lowest BCUT2D eigenvalue weighted by Gasteiger charge is -2.36. The van der Waals surface area contributed by atoms with Crippen LogP contribution in [0.4, 0.5) is 5.69 Å². The zero-order valence-corrected chi connectivity index (χ0v) is 19.2. The Morgan fingerprint density at radius 2 is 1.85 bits per heavy atom. The molecule has 4 N–H and O–H groups in total. The highest BCUT2D eigenvalue weighted by atomic mass is 16.5. The molecule has 9 heteroatoms. The van der Waals surface area contributed by atoms with Gasteiger partial charge in [0.25, 0.3) is 11.8 Å². The van der Waals surface area contributed by atoms with Crippen LogP contribution in [0, 0.1) is 0 Å². The summed E-state index contributed by atoms with van der Waals surface area (Å²) >= 11 is 0. The van der Waals surface area contributed by atoms with Gasteiger partial charge in [0.2, 0.25) is 5.91 Å². The minimum absolute atomic E-state index is 0.00448. The van der Waals surface area contributed by atoms with E-state index in [0.717, 1.165) is 25.1 Å². The number of nitrogens with zero attached hydrogens (tertiary/aromatic N) is 3. The van der Waals surface area contributed by atoms with Crippen molar-refractivity contribution in [1.82, 2.24) is 9.80 Å². The molecule has 2 aliphatic heterocycles. The van der Waals surface area contributed by atoms with Gasteiger partial charge in [0.1, 0.15) is 17.2 Å². The topological polar surface area (TPSA) is 131 Å². The summed E-state index contributed by atoms with van der Waals surface area (Å²) in [6.07, 6.45) is 9.36. The van der Waals surface area contributed by atoms with Crippen LogP contribution in [-0.2, 0) is 14.4 Å². The number of carbonyl (C=O) groups is 3. The fourth-order valence-corrected chi connectivity index (χ4v) is 4.47. The normalized spacial score (nSPS) is 23.7. The molecule has 0 bridgehead atoms. The number of hydrogen-bond acceptors (Lipinski definition) is 6. The van der Waals surface area contributed by atoms with Crippen LogP contribution in [0.1, 0.15) is 32.1 Å². The molecule has 9 nitrogen and oxygen atoms in total. The molecule has 1 atom stereocenters. The summed E-state index contributed by atoms with van der Waals surface area (Å²) in [5.74, 6) is -0.307. The first-order valence-electron chi connectivity index (χ1n) is 11.4. The number of allylic oxidation sites excluding steroid dienone is 1. The van der Waals surface area contributed by atoms with Crippen molar-refractivity contribution in [1.29, 1.82) is 0 Å². The van der Waals surface area contributed by atoms with Gasteiger partial charge in [-0.05, 0) is 56.0 Å². The molecule has 2 saturated heterocycles. The average Bonchev–Trinajstić information content (AvgIpc) is 2.85. The molecular weight excluding hydrogens is 434 g/mol. The van der Waals surface area contributed by atoms with Crippen molar-refractivity contribution in [2.75, 3.05) is 20.2 Å². The van der Waals surface area contributed by atoms with E-state index in [1.807, 2.05) is 23.1 Å². The van der Waals surface area contributed by atoms with E-state index >= 15 is 0 Å². The average molecular weight is 464 g/mol. The summed E-state index contributed by atoms with van der Waals surface area (Å²) in [5.41, 5.74) is 12.9. The molecule has 1 aromatic carbocycles. The van der Waals surface area contributed by atoms with Crippen molar-refractivity contribution in [2.45, 2.75) is 38.1 Å².